The highest BCUT2D eigenvalue weighted by Gasteiger charge is 2.12. The van der Waals surface area contributed by atoms with Gasteiger partial charge in [-0.3, -0.25) is 0 Å². The molecule has 0 bridgehead atoms. The van der Waals surface area contributed by atoms with Crippen molar-refractivity contribution in [2.75, 3.05) is 32.8 Å². The quantitative estimate of drug-likeness (QED) is 0.621. The van der Waals surface area contributed by atoms with Gasteiger partial charge in [0.1, 0.15) is 0 Å². The third kappa shape index (κ3) is 6.46. The van der Waals surface area contributed by atoms with Crippen molar-refractivity contribution in [3.8, 4) is 0 Å². The largest absolute Gasteiger partial charge is 0.378 e. The van der Waals surface area contributed by atoms with Crippen LogP contribution in [0.25, 0.3) is 0 Å². The molecule has 0 aromatic carbocycles. The Balaban J connectivity index is 1.84. The first-order valence-corrected chi connectivity index (χ1v) is 6.86. The fourth-order valence-corrected chi connectivity index (χ4v) is 1.90. The first-order chi connectivity index (χ1) is 7.83. The van der Waals surface area contributed by atoms with Crippen LogP contribution in [0.2, 0.25) is 0 Å². The Morgan fingerprint density at radius 1 is 1.38 bits per heavy atom. The molecule has 96 valence electrons. The third-order valence-corrected chi connectivity index (χ3v) is 3.33. The van der Waals surface area contributed by atoms with Crippen molar-refractivity contribution >= 4 is 0 Å². The van der Waals surface area contributed by atoms with Crippen molar-refractivity contribution in [2.45, 2.75) is 45.6 Å². The predicted molar refractivity (Wildman–Crippen MR) is 68.8 cm³/mol. The van der Waals surface area contributed by atoms with Crippen LogP contribution in [0, 0.1) is 5.92 Å². The van der Waals surface area contributed by atoms with E-state index >= 15 is 0 Å². The molecule has 0 aromatic rings. The Morgan fingerprint density at radius 2 is 2.12 bits per heavy atom. The summed E-state index contributed by atoms with van der Waals surface area (Å²) in [6.45, 7) is 9.93. The number of hydrogen-bond donors (Lipinski definition) is 2. The van der Waals surface area contributed by atoms with E-state index in [0.717, 1.165) is 45.1 Å². The Morgan fingerprint density at radius 3 is 2.81 bits per heavy atom. The van der Waals surface area contributed by atoms with E-state index in [4.69, 9.17) is 4.74 Å². The van der Waals surface area contributed by atoms with Crippen LogP contribution in [-0.2, 0) is 4.74 Å². The zero-order valence-electron chi connectivity index (χ0n) is 10.9. The minimum absolute atomic E-state index is 0.510. The van der Waals surface area contributed by atoms with Crippen molar-refractivity contribution in [2.24, 2.45) is 5.92 Å². The van der Waals surface area contributed by atoms with Gasteiger partial charge in [-0.05, 0) is 51.4 Å². The summed E-state index contributed by atoms with van der Waals surface area (Å²) in [4.78, 5) is 0. The van der Waals surface area contributed by atoms with Gasteiger partial charge in [0, 0.05) is 6.61 Å². The van der Waals surface area contributed by atoms with Crippen LogP contribution in [0.4, 0.5) is 0 Å². The van der Waals surface area contributed by atoms with Gasteiger partial charge in [-0.15, -0.1) is 0 Å². The Kier molecular flexibility index (Phi) is 7.81. The molecule has 0 aliphatic carbocycles. The van der Waals surface area contributed by atoms with Gasteiger partial charge >= 0.3 is 0 Å². The van der Waals surface area contributed by atoms with E-state index in [1.165, 1.54) is 19.3 Å². The summed E-state index contributed by atoms with van der Waals surface area (Å²) in [5.74, 6) is 0.797. The molecule has 0 amide bonds. The number of nitrogens with one attached hydrogen (secondary N) is 2. The van der Waals surface area contributed by atoms with E-state index in [2.05, 4.69) is 24.5 Å². The second-order valence-electron chi connectivity index (χ2n) is 4.89. The number of ether oxygens (including phenoxy) is 1. The molecule has 3 nitrogen and oxygen atoms in total. The topological polar surface area (TPSA) is 33.3 Å². The molecule has 1 aliphatic rings. The molecule has 1 unspecified atom stereocenters. The van der Waals surface area contributed by atoms with Crippen LogP contribution in [0.1, 0.15) is 39.5 Å². The van der Waals surface area contributed by atoms with Gasteiger partial charge in [0.15, 0.2) is 0 Å². The maximum absolute atomic E-state index is 5.84. The summed E-state index contributed by atoms with van der Waals surface area (Å²) in [5.41, 5.74) is 0. The third-order valence-electron chi connectivity index (χ3n) is 3.33. The molecule has 0 radical (unpaired) electrons. The van der Waals surface area contributed by atoms with Crippen molar-refractivity contribution in [1.29, 1.82) is 0 Å². The first-order valence-electron chi connectivity index (χ1n) is 6.86. The maximum Gasteiger partial charge on any atom is 0.0599 e. The molecular weight excluding hydrogens is 200 g/mol. The molecule has 3 heteroatoms. The van der Waals surface area contributed by atoms with Crippen molar-refractivity contribution in [3.05, 3.63) is 0 Å². The second kappa shape index (κ2) is 8.97. The van der Waals surface area contributed by atoms with Gasteiger partial charge < -0.3 is 15.4 Å². The van der Waals surface area contributed by atoms with E-state index in [9.17, 15) is 0 Å². The summed E-state index contributed by atoms with van der Waals surface area (Å²) in [6, 6.07) is 0. The zero-order valence-corrected chi connectivity index (χ0v) is 10.9. The smallest absolute Gasteiger partial charge is 0.0599 e. The average molecular weight is 228 g/mol. The van der Waals surface area contributed by atoms with Crippen LogP contribution in [-0.4, -0.2) is 38.9 Å². The van der Waals surface area contributed by atoms with Gasteiger partial charge in [-0.25, -0.2) is 0 Å². The molecule has 1 saturated heterocycles. The highest BCUT2D eigenvalue weighted by atomic mass is 16.5. The van der Waals surface area contributed by atoms with Crippen LogP contribution >= 0.6 is 0 Å². The minimum atomic E-state index is 0.510. The lowest BCUT2D eigenvalue weighted by atomic mass is 10.1. The first kappa shape index (κ1) is 13.9. The Labute approximate surface area is 100 Å². The fraction of sp³-hybridized carbons (Fsp3) is 1.00. The average Bonchev–Trinajstić information content (AvgIpc) is 2.34. The van der Waals surface area contributed by atoms with Crippen molar-refractivity contribution in [3.63, 3.8) is 0 Å². The van der Waals surface area contributed by atoms with Crippen LogP contribution in [0.15, 0.2) is 0 Å². The highest BCUT2D eigenvalue weighted by Crippen LogP contribution is 2.07. The fourth-order valence-electron chi connectivity index (χ4n) is 1.90. The lowest BCUT2D eigenvalue weighted by Gasteiger charge is -2.23. The minimum Gasteiger partial charge on any atom is -0.378 e. The van der Waals surface area contributed by atoms with E-state index < -0.39 is 0 Å². The van der Waals surface area contributed by atoms with E-state index in [0.29, 0.717) is 6.10 Å². The van der Waals surface area contributed by atoms with Crippen molar-refractivity contribution in [1.82, 2.24) is 10.6 Å². The summed E-state index contributed by atoms with van der Waals surface area (Å²) in [6.07, 6.45) is 5.27. The Bertz CT molecular complexity index is 158. The molecule has 1 atom stereocenters. The molecule has 0 aromatic heterocycles. The van der Waals surface area contributed by atoms with E-state index in [1.54, 1.807) is 0 Å². The molecule has 0 saturated carbocycles. The molecule has 1 aliphatic heterocycles. The molecule has 0 spiro atoms. The molecule has 1 heterocycles. The van der Waals surface area contributed by atoms with Gasteiger partial charge in [0.05, 0.1) is 6.10 Å². The van der Waals surface area contributed by atoms with E-state index in [-0.39, 0.29) is 0 Å². The van der Waals surface area contributed by atoms with Crippen LogP contribution in [0.5, 0.6) is 0 Å². The second-order valence-corrected chi connectivity index (χ2v) is 4.89. The number of rotatable bonds is 8. The van der Waals surface area contributed by atoms with Crippen LogP contribution in [0.3, 0.4) is 0 Å². The van der Waals surface area contributed by atoms with Crippen molar-refractivity contribution < 1.29 is 4.74 Å². The molecule has 16 heavy (non-hydrogen) atoms. The summed E-state index contributed by atoms with van der Waals surface area (Å²) < 4.78 is 5.84. The monoisotopic (exact) mass is 228 g/mol. The van der Waals surface area contributed by atoms with Crippen LogP contribution < -0.4 is 10.6 Å². The zero-order chi connectivity index (χ0) is 11.6. The lowest BCUT2D eigenvalue weighted by Crippen LogP contribution is -2.33. The number of hydrogen-bond acceptors (Lipinski definition) is 3. The normalized spacial score (nSPS) is 19.9. The van der Waals surface area contributed by atoms with Gasteiger partial charge in [0.2, 0.25) is 0 Å². The standard InChI is InChI=1S/C13H28N2O/c1-3-12(2)11-15-7-4-10-16-13-5-8-14-9-6-13/h12-15H,3-11H2,1-2H3. The lowest BCUT2D eigenvalue weighted by molar-refractivity contribution is 0.0317. The molecule has 1 fully saturated rings. The summed E-state index contributed by atoms with van der Waals surface area (Å²) >= 11 is 0. The SMILES string of the molecule is CCC(C)CNCCCOC1CCNCC1. The summed E-state index contributed by atoms with van der Waals surface area (Å²) in [7, 11) is 0. The Hall–Kier alpha value is -0.120. The molecule has 2 N–H and O–H groups in total. The van der Waals surface area contributed by atoms with Gasteiger partial charge in [0.25, 0.3) is 0 Å². The maximum atomic E-state index is 5.84. The number of piperidine rings is 1. The summed E-state index contributed by atoms with van der Waals surface area (Å²) in [5, 5.41) is 6.83. The van der Waals surface area contributed by atoms with Gasteiger partial charge in [-0.2, -0.15) is 0 Å². The highest BCUT2D eigenvalue weighted by molar-refractivity contribution is 4.68. The predicted octanol–water partition coefficient (Wildman–Crippen LogP) is 1.78. The molecule has 1 rings (SSSR count). The molecular formula is C13H28N2O. The van der Waals surface area contributed by atoms with Gasteiger partial charge in [-0.1, -0.05) is 20.3 Å². The van der Waals surface area contributed by atoms with E-state index in [1.807, 2.05) is 0 Å².